The third kappa shape index (κ3) is 5.34. The zero-order chi connectivity index (χ0) is 20.1. The lowest BCUT2D eigenvalue weighted by Gasteiger charge is -2.33. The lowest BCUT2D eigenvalue weighted by molar-refractivity contribution is -0.151. The van der Waals surface area contributed by atoms with E-state index >= 15 is 0 Å². The molecule has 0 spiro atoms. The summed E-state index contributed by atoms with van der Waals surface area (Å²) in [5.41, 5.74) is 0.897. The summed E-state index contributed by atoms with van der Waals surface area (Å²) in [6.45, 7) is 6.40. The van der Waals surface area contributed by atoms with Gasteiger partial charge in [-0.1, -0.05) is 35.5 Å². The van der Waals surface area contributed by atoms with E-state index in [-0.39, 0.29) is 18.5 Å². The van der Waals surface area contributed by atoms with E-state index in [0.717, 1.165) is 12.0 Å². The topological polar surface area (TPSA) is 81.9 Å². The van der Waals surface area contributed by atoms with Crippen molar-refractivity contribution in [2.24, 2.45) is 5.92 Å². The van der Waals surface area contributed by atoms with Crippen LogP contribution in [0.2, 0.25) is 0 Å². The smallest absolute Gasteiger partial charge is 0.410 e. The number of likely N-dealkylation sites (tertiary alicyclic amines) is 1. The fraction of sp³-hybridized carbons (Fsp3) is 0.476. The summed E-state index contributed by atoms with van der Waals surface area (Å²) in [4.78, 5) is 26.2. The lowest BCUT2D eigenvalue weighted by atomic mass is 9.98. The molecule has 2 heterocycles. The van der Waals surface area contributed by atoms with E-state index in [1.807, 2.05) is 51.1 Å². The first-order valence-electron chi connectivity index (χ1n) is 9.47. The number of benzene rings is 1. The number of amides is 1. The number of nitrogens with zero attached hydrogens (tertiary/aromatic N) is 2. The SMILES string of the molecule is CC(C)(C)OC(=O)N1CCCC(C(=O)OCc2cc(-c3ccccc3)on2)C1. The van der Waals surface area contributed by atoms with Crippen molar-refractivity contribution in [3.63, 3.8) is 0 Å². The first-order valence-corrected chi connectivity index (χ1v) is 9.47. The molecule has 150 valence electrons. The van der Waals surface area contributed by atoms with Gasteiger partial charge in [0.05, 0.1) is 5.92 Å². The molecular formula is C21H26N2O5. The number of aromatic nitrogens is 1. The van der Waals surface area contributed by atoms with Crippen molar-refractivity contribution < 1.29 is 23.6 Å². The highest BCUT2D eigenvalue weighted by atomic mass is 16.6. The molecule has 1 unspecified atom stereocenters. The molecule has 0 bridgehead atoms. The van der Waals surface area contributed by atoms with Gasteiger partial charge in [-0.25, -0.2) is 4.79 Å². The van der Waals surface area contributed by atoms with Crippen LogP contribution in [0.15, 0.2) is 40.9 Å². The second-order valence-corrected chi connectivity index (χ2v) is 7.92. The number of hydrogen-bond acceptors (Lipinski definition) is 6. The van der Waals surface area contributed by atoms with E-state index in [4.69, 9.17) is 14.0 Å². The van der Waals surface area contributed by atoms with Gasteiger partial charge >= 0.3 is 12.1 Å². The zero-order valence-electron chi connectivity index (χ0n) is 16.5. The van der Waals surface area contributed by atoms with Crippen molar-refractivity contribution in [1.29, 1.82) is 0 Å². The Kier molecular flexibility index (Phi) is 6.02. The minimum atomic E-state index is -0.562. The standard InChI is InChI=1S/C21H26N2O5/c1-21(2,3)27-20(25)23-11-7-10-16(13-23)19(24)26-14-17-12-18(28-22-17)15-8-5-4-6-9-15/h4-6,8-9,12,16H,7,10-11,13-14H2,1-3H3. The van der Waals surface area contributed by atoms with Crippen molar-refractivity contribution in [3.8, 4) is 11.3 Å². The monoisotopic (exact) mass is 386 g/mol. The molecule has 1 aliphatic heterocycles. The van der Waals surface area contributed by atoms with Crippen LogP contribution in [0.3, 0.4) is 0 Å². The molecule has 1 saturated heterocycles. The molecule has 1 aliphatic rings. The van der Waals surface area contributed by atoms with Crippen LogP contribution in [0.25, 0.3) is 11.3 Å². The molecular weight excluding hydrogens is 360 g/mol. The zero-order valence-corrected chi connectivity index (χ0v) is 16.5. The molecule has 7 nitrogen and oxygen atoms in total. The van der Waals surface area contributed by atoms with E-state index in [9.17, 15) is 9.59 Å². The van der Waals surface area contributed by atoms with Gasteiger partial charge in [-0.15, -0.1) is 0 Å². The van der Waals surface area contributed by atoms with Crippen LogP contribution in [0.5, 0.6) is 0 Å². The fourth-order valence-electron chi connectivity index (χ4n) is 3.04. The molecule has 1 amide bonds. The fourth-order valence-corrected chi connectivity index (χ4v) is 3.04. The second-order valence-electron chi connectivity index (χ2n) is 7.92. The largest absolute Gasteiger partial charge is 0.459 e. The molecule has 0 saturated carbocycles. The van der Waals surface area contributed by atoms with Gasteiger partial charge in [-0.05, 0) is 33.6 Å². The first kappa shape index (κ1) is 19.9. The number of esters is 1. The van der Waals surface area contributed by atoms with Crippen molar-refractivity contribution in [3.05, 3.63) is 42.1 Å². The summed E-state index contributed by atoms with van der Waals surface area (Å²) in [5, 5.41) is 3.96. The molecule has 0 aliphatic carbocycles. The van der Waals surface area contributed by atoms with Crippen molar-refractivity contribution in [2.45, 2.75) is 45.8 Å². The van der Waals surface area contributed by atoms with Gasteiger partial charge < -0.3 is 18.9 Å². The maximum absolute atomic E-state index is 12.4. The average Bonchev–Trinajstić information content (AvgIpc) is 3.15. The first-order chi connectivity index (χ1) is 13.3. The van der Waals surface area contributed by atoms with Gasteiger partial charge in [0.1, 0.15) is 17.9 Å². The molecule has 1 aromatic carbocycles. The van der Waals surface area contributed by atoms with Crippen LogP contribution < -0.4 is 0 Å². The number of piperidine rings is 1. The van der Waals surface area contributed by atoms with Gasteiger partial charge in [-0.2, -0.15) is 0 Å². The number of carbonyl (C=O) groups is 2. The van der Waals surface area contributed by atoms with E-state index in [2.05, 4.69) is 5.16 Å². The molecule has 0 radical (unpaired) electrons. The Balaban J connectivity index is 1.52. The highest BCUT2D eigenvalue weighted by Crippen LogP contribution is 2.22. The van der Waals surface area contributed by atoms with Crippen molar-refractivity contribution in [1.82, 2.24) is 10.1 Å². The van der Waals surface area contributed by atoms with Crippen LogP contribution in [0.4, 0.5) is 4.79 Å². The van der Waals surface area contributed by atoms with Crippen LogP contribution >= 0.6 is 0 Å². The summed E-state index contributed by atoms with van der Waals surface area (Å²) in [6, 6.07) is 11.4. The number of ether oxygens (including phenoxy) is 2. The molecule has 2 aromatic rings. The summed E-state index contributed by atoms with van der Waals surface area (Å²) in [7, 11) is 0. The maximum atomic E-state index is 12.4. The van der Waals surface area contributed by atoms with Gasteiger partial charge in [0.25, 0.3) is 0 Å². The maximum Gasteiger partial charge on any atom is 0.410 e. The summed E-state index contributed by atoms with van der Waals surface area (Å²) >= 11 is 0. The Morgan fingerprint density at radius 2 is 2.00 bits per heavy atom. The molecule has 1 fully saturated rings. The van der Waals surface area contributed by atoms with Gasteiger partial charge in [0.2, 0.25) is 0 Å². The third-order valence-corrected chi connectivity index (χ3v) is 4.39. The molecule has 1 aromatic heterocycles. The molecule has 28 heavy (non-hydrogen) atoms. The Hall–Kier alpha value is -2.83. The van der Waals surface area contributed by atoms with Gasteiger partial charge in [-0.3, -0.25) is 4.79 Å². The predicted molar refractivity (Wildman–Crippen MR) is 102 cm³/mol. The molecule has 1 atom stereocenters. The Bertz CT molecular complexity index is 810. The Morgan fingerprint density at radius 3 is 2.71 bits per heavy atom. The molecule has 0 N–H and O–H groups in total. The number of rotatable bonds is 4. The van der Waals surface area contributed by atoms with Gasteiger partial charge in [0.15, 0.2) is 5.76 Å². The second kappa shape index (κ2) is 8.46. The quantitative estimate of drug-likeness (QED) is 0.738. The highest BCUT2D eigenvalue weighted by Gasteiger charge is 2.32. The number of carbonyl (C=O) groups excluding carboxylic acids is 2. The van der Waals surface area contributed by atoms with Crippen LogP contribution in [0, 0.1) is 5.92 Å². The van der Waals surface area contributed by atoms with E-state index in [1.165, 1.54) is 0 Å². The average molecular weight is 386 g/mol. The van der Waals surface area contributed by atoms with E-state index in [0.29, 0.717) is 31.0 Å². The van der Waals surface area contributed by atoms with Crippen LogP contribution in [-0.4, -0.2) is 40.8 Å². The minimum absolute atomic E-state index is 0.0398. The third-order valence-electron chi connectivity index (χ3n) is 4.39. The van der Waals surface area contributed by atoms with Crippen molar-refractivity contribution in [2.75, 3.05) is 13.1 Å². The van der Waals surface area contributed by atoms with Crippen molar-refractivity contribution >= 4 is 12.1 Å². The predicted octanol–water partition coefficient (Wildman–Crippen LogP) is 4.03. The minimum Gasteiger partial charge on any atom is -0.459 e. The number of hydrogen-bond donors (Lipinski definition) is 0. The van der Waals surface area contributed by atoms with Crippen LogP contribution in [0.1, 0.15) is 39.3 Å². The normalized spacial score (nSPS) is 17.2. The highest BCUT2D eigenvalue weighted by molar-refractivity contribution is 5.75. The Morgan fingerprint density at radius 1 is 1.25 bits per heavy atom. The summed E-state index contributed by atoms with van der Waals surface area (Å²) in [6.07, 6.45) is 1.03. The summed E-state index contributed by atoms with van der Waals surface area (Å²) in [5.74, 6) is -0.0697. The lowest BCUT2D eigenvalue weighted by Crippen LogP contribution is -2.45. The Labute approximate surface area is 164 Å². The van der Waals surface area contributed by atoms with Crippen LogP contribution in [-0.2, 0) is 20.9 Å². The van der Waals surface area contributed by atoms with Gasteiger partial charge in [0, 0.05) is 24.7 Å². The van der Waals surface area contributed by atoms with E-state index in [1.54, 1.807) is 11.0 Å². The molecule has 3 rings (SSSR count). The summed E-state index contributed by atoms with van der Waals surface area (Å²) < 4.78 is 16.1. The molecule has 7 heteroatoms. The van der Waals surface area contributed by atoms with E-state index < -0.39 is 11.7 Å².